The number of nitrogens with one attached hydrogen (secondary N) is 10. The van der Waals surface area contributed by atoms with Gasteiger partial charge >= 0.3 is 6.03 Å². The van der Waals surface area contributed by atoms with E-state index in [1.807, 2.05) is 0 Å². The highest BCUT2D eigenvalue weighted by Crippen LogP contribution is 2.15. The summed E-state index contributed by atoms with van der Waals surface area (Å²) in [6.45, 7) is -0.655. The Balaban J connectivity index is 2.09. The van der Waals surface area contributed by atoms with Crippen molar-refractivity contribution in [1.29, 1.82) is 0 Å². The van der Waals surface area contributed by atoms with Crippen LogP contribution in [-0.4, -0.2) is 156 Å². The molecule has 0 bridgehead atoms. The fraction of sp³-hybridized carbons (Fsp3) is 0.522. The van der Waals surface area contributed by atoms with Crippen LogP contribution in [0.5, 0.6) is 11.5 Å². The van der Waals surface area contributed by atoms with E-state index in [2.05, 4.69) is 53.2 Å². The van der Waals surface area contributed by atoms with E-state index in [0.717, 1.165) is 0 Å². The topological polar surface area (TPSA) is 430 Å². The van der Waals surface area contributed by atoms with Gasteiger partial charge in [-0.15, -0.1) is 0 Å². The van der Waals surface area contributed by atoms with Gasteiger partial charge in [-0.2, -0.15) is 0 Å². The number of hydrogen-bond acceptors (Lipinski definition) is 15. The van der Waals surface area contributed by atoms with Gasteiger partial charge < -0.3 is 85.7 Å². The van der Waals surface area contributed by atoms with E-state index in [4.69, 9.17) is 17.2 Å². The minimum Gasteiger partial charge on any atom is -0.508 e. The van der Waals surface area contributed by atoms with Crippen LogP contribution in [0, 0.1) is 0 Å². The van der Waals surface area contributed by atoms with Gasteiger partial charge in [-0.1, -0.05) is 24.3 Å². The average molecular weight is 1010 g/mol. The zero-order valence-electron chi connectivity index (χ0n) is 40.1. The standard InChI is InChI=1S/C46H69N13O13/c1-26-39(65)59-36(25-60)45(71)56-33(8-3-5-19-48)43(69)58-35(22-28-12-16-30(62)17-13-28)44(70)55-32(7-2-4-18-47)42(68)57-34(21-27-10-14-29(61)15-11-27)40(66)52-23-37(63)51-24-38(64)54-31(41(67)53-26)9-6-20-50-46(49)72/h10-17,26,31-36,60-62H,2-9,18-25,47-48H2,1H3,(H,51,63)(H,52,66)(H,53,67)(H,54,64)(H,55,70)(H,56,71)(H,57,68)(H,58,69)(H,59,65)(H3,49,50,72)/t26-,31-,32-,33-,34-,35-,36-/m0/s1. The molecule has 396 valence electrons. The molecule has 0 spiro atoms. The number of nitrogens with two attached hydrogens (primary N) is 3. The van der Waals surface area contributed by atoms with Crippen LogP contribution in [0.3, 0.4) is 0 Å². The molecule has 0 unspecified atom stereocenters. The van der Waals surface area contributed by atoms with Crippen LogP contribution >= 0.6 is 0 Å². The van der Waals surface area contributed by atoms with Gasteiger partial charge in [-0.3, -0.25) is 43.2 Å². The van der Waals surface area contributed by atoms with Gasteiger partial charge in [-0.25, -0.2) is 4.79 Å². The quantitative estimate of drug-likeness (QED) is 0.0662. The molecule has 26 heteroatoms. The molecule has 19 N–H and O–H groups in total. The van der Waals surface area contributed by atoms with E-state index in [9.17, 15) is 63.3 Å². The summed E-state index contributed by atoms with van der Waals surface area (Å²) < 4.78 is 0. The maximum absolute atomic E-state index is 14.4. The zero-order valence-corrected chi connectivity index (χ0v) is 40.1. The molecule has 0 radical (unpaired) electrons. The monoisotopic (exact) mass is 1010 g/mol. The van der Waals surface area contributed by atoms with Gasteiger partial charge in [0.2, 0.25) is 53.2 Å². The predicted octanol–water partition coefficient (Wildman–Crippen LogP) is -4.76. The number of phenols is 2. The highest BCUT2D eigenvalue weighted by molar-refractivity contribution is 5.98. The molecule has 1 saturated heterocycles. The molecule has 0 aromatic heterocycles. The minimum atomic E-state index is -1.67. The van der Waals surface area contributed by atoms with Gasteiger partial charge in [0, 0.05) is 19.4 Å². The van der Waals surface area contributed by atoms with E-state index in [1.165, 1.54) is 55.5 Å². The third-order valence-corrected chi connectivity index (χ3v) is 11.2. The first-order valence-electron chi connectivity index (χ1n) is 23.6. The molecule has 2 aromatic carbocycles. The van der Waals surface area contributed by atoms with Gasteiger partial charge in [0.05, 0.1) is 19.7 Å². The number of amides is 11. The highest BCUT2D eigenvalue weighted by atomic mass is 16.3. The lowest BCUT2D eigenvalue weighted by Gasteiger charge is -2.27. The van der Waals surface area contributed by atoms with E-state index in [0.29, 0.717) is 36.8 Å². The summed E-state index contributed by atoms with van der Waals surface area (Å²) in [4.78, 5) is 134. The van der Waals surface area contributed by atoms with Gasteiger partial charge in [-0.05, 0) is 107 Å². The summed E-state index contributed by atoms with van der Waals surface area (Å²) in [7, 11) is 0. The molecule has 1 fully saturated rings. The Morgan fingerprint density at radius 2 is 0.917 bits per heavy atom. The van der Waals surface area contributed by atoms with Crippen molar-refractivity contribution in [2.24, 2.45) is 17.2 Å². The highest BCUT2D eigenvalue weighted by Gasteiger charge is 2.34. The molecule has 26 nitrogen and oxygen atoms in total. The number of aliphatic hydroxyl groups is 1. The van der Waals surface area contributed by atoms with Crippen molar-refractivity contribution in [3.8, 4) is 11.5 Å². The van der Waals surface area contributed by atoms with Crippen molar-refractivity contribution in [1.82, 2.24) is 53.2 Å². The third kappa shape index (κ3) is 21.2. The summed E-state index contributed by atoms with van der Waals surface area (Å²) >= 11 is 0. The number of aliphatic hydroxyl groups excluding tert-OH is 1. The maximum atomic E-state index is 14.4. The lowest BCUT2D eigenvalue weighted by molar-refractivity contribution is -0.136. The number of carbonyl (C=O) groups is 10. The first kappa shape index (κ1) is 58.7. The third-order valence-electron chi connectivity index (χ3n) is 11.2. The lowest BCUT2D eigenvalue weighted by atomic mass is 10.0. The van der Waals surface area contributed by atoms with E-state index in [1.54, 1.807) is 0 Å². The molecule has 1 aliphatic heterocycles. The lowest BCUT2D eigenvalue weighted by Crippen LogP contribution is -2.60. The minimum absolute atomic E-state index is 0.00353. The fourth-order valence-electron chi connectivity index (χ4n) is 7.20. The Kier molecular flexibility index (Phi) is 25.2. The van der Waals surface area contributed by atoms with Crippen molar-refractivity contribution in [3.05, 3.63) is 59.7 Å². The SMILES string of the molecule is C[C@@H]1NC(=O)[C@H](CCCNC(N)=O)NC(=O)CNC(=O)CNC(=O)[C@H](Cc2ccc(O)cc2)NC(=O)[C@H](CCCCN)NC(=O)[C@H](Cc2ccc(O)cc2)NC(=O)[C@H](CCCCN)NC(=O)[C@H](CO)NC1=O. The zero-order chi connectivity index (χ0) is 53.2. The molecule has 0 saturated carbocycles. The van der Waals surface area contributed by atoms with Gasteiger partial charge in [0.15, 0.2) is 0 Å². The van der Waals surface area contributed by atoms with Crippen LogP contribution in [-0.2, 0) is 56.0 Å². The molecule has 2 aromatic rings. The Labute approximate surface area is 415 Å². The van der Waals surface area contributed by atoms with Crippen molar-refractivity contribution < 1.29 is 63.3 Å². The second-order valence-electron chi connectivity index (χ2n) is 17.1. The number of rotatable bonds is 17. The first-order chi connectivity index (χ1) is 34.3. The Morgan fingerprint density at radius 1 is 0.514 bits per heavy atom. The van der Waals surface area contributed by atoms with Crippen LogP contribution in [0.25, 0.3) is 0 Å². The number of carbonyl (C=O) groups excluding carboxylic acids is 10. The molecule has 11 amide bonds. The number of phenolic OH excluding ortho intramolecular Hbond substituents is 2. The van der Waals surface area contributed by atoms with Crippen LogP contribution in [0.2, 0.25) is 0 Å². The molecule has 72 heavy (non-hydrogen) atoms. The second-order valence-corrected chi connectivity index (χ2v) is 17.1. The normalized spacial score (nSPS) is 22.8. The molecular weight excluding hydrogens is 943 g/mol. The number of aromatic hydroxyl groups is 2. The van der Waals surface area contributed by atoms with Crippen LogP contribution in [0.4, 0.5) is 4.79 Å². The van der Waals surface area contributed by atoms with Crippen LogP contribution in [0.1, 0.15) is 69.4 Å². The molecule has 0 aliphatic carbocycles. The molecule has 7 atom stereocenters. The average Bonchev–Trinajstić information content (AvgIpc) is 3.34. The maximum Gasteiger partial charge on any atom is 0.312 e. The number of urea groups is 1. The van der Waals surface area contributed by atoms with E-state index < -0.39 is 121 Å². The van der Waals surface area contributed by atoms with Crippen LogP contribution in [0.15, 0.2) is 48.5 Å². The largest absolute Gasteiger partial charge is 0.508 e. The number of unbranched alkanes of at least 4 members (excludes halogenated alkanes) is 2. The Hall–Kier alpha value is -7.58. The summed E-state index contributed by atoms with van der Waals surface area (Å²) in [6.07, 6.45) is 1.06. The Morgan fingerprint density at radius 3 is 1.40 bits per heavy atom. The molecule has 1 heterocycles. The summed E-state index contributed by atoms with van der Waals surface area (Å²) in [6, 6.07) is 0.611. The predicted molar refractivity (Wildman–Crippen MR) is 259 cm³/mol. The number of primary amides is 1. The summed E-state index contributed by atoms with van der Waals surface area (Å²) in [5.74, 6) is -8.21. The number of hydrogen-bond donors (Lipinski definition) is 16. The first-order valence-corrected chi connectivity index (χ1v) is 23.6. The van der Waals surface area contributed by atoms with E-state index >= 15 is 0 Å². The molecular formula is C46H69N13O13. The molecule has 3 rings (SSSR count). The van der Waals surface area contributed by atoms with Gasteiger partial charge in [0.25, 0.3) is 0 Å². The fourth-order valence-corrected chi connectivity index (χ4v) is 7.20. The smallest absolute Gasteiger partial charge is 0.312 e. The Bertz CT molecular complexity index is 2160. The number of benzene rings is 2. The van der Waals surface area contributed by atoms with Crippen molar-refractivity contribution >= 4 is 59.2 Å². The van der Waals surface area contributed by atoms with Crippen LogP contribution < -0.4 is 70.4 Å². The van der Waals surface area contributed by atoms with Crippen molar-refractivity contribution in [2.75, 3.05) is 39.3 Å². The van der Waals surface area contributed by atoms with E-state index in [-0.39, 0.29) is 69.7 Å². The van der Waals surface area contributed by atoms with Crippen molar-refractivity contribution in [3.63, 3.8) is 0 Å². The summed E-state index contributed by atoms with van der Waals surface area (Å²) in [5, 5.41) is 54.9. The second kappa shape index (κ2) is 30.9. The molecule has 1 aliphatic rings. The van der Waals surface area contributed by atoms with Crippen molar-refractivity contribution in [2.45, 2.75) is 113 Å². The summed E-state index contributed by atoms with van der Waals surface area (Å²) in [5.41, 5.74) is 17.5. The van der Waals surface area contributed by atoms with Gasteiger partial charge in [0.1, 0.15) is 53.8 Å².